The average molecular weight is 696 g/mol. The highest BCUT2D eigenvalue weighted by Gasteiger charge is 2.57. The molecule has 0 aliphatic carbocycles. The molecule has 4 aromatic rings. The van der Waals surface area contributed by atoms with Crippen LogP contribution in [0, 0.1) is 0 Å². The number of pyridine rings is 1. The number of oxime groups is 1. The van der Waals surface area contributed by atoms with Gasteiger partial charge in [-0.05, 0) is 30.2 Å². The number of carboxylic acid groups (broad SMARTS) is 1. The molecule has 15 nitrogen and oxygen atoms in total. The summed E-state index contributed by atoms with van der Waals surface area (Å²) >= 11 is 3.65. The average Bonchev–Trinajstić information content (AvgIpc) is 3.69. The third-order valence-corrected chi connectivity index (χ3v) is 10.7. The van der Waals surface area contributed by atoms with Crippen LogP contribution in [0.15, 0.2) is 64.4 Å². The maximum absolute atomic E-state index is 13.6. The lowest BCUT2D eigenvalue weighted by Crippen LogP contribution is -2.72. The number of ether oxygens (including phenoxy) is 1. The van der Waals surface area contributed by atoms with Gasteiger partial charge in [-0.3, -0.25) is 19.3 Å². The smallest absolute Gasteiger partial charge is 0.352 e. The topological polar surface area (TPSA) is 202 Å². The van der Waals surface area contributed by atoms with Crippen LogP contribution in [0.1, 0.15) is 11.4 Å². The number of anilines is 2. The number of benzene rings is 1. The van der Waals surface area contributed by atoms with Gasteiger partial charge in [0.15, 0.2) is 17.9 Å². The molecule has 5 N–H and O–H groups in total. The van der Waals surface area contributed by atoms with Gasteiger partial charge in [-0.15, -0.1) is 11.8 Å². The number of amides is 3. The molecule has 47 heavy (non-hydrogen) atoms. The van der Waals surface area contributed by atoms with E-state index in [2.05, 4.69) is 25.1 Å². The Bertz CT molecular complexity index is 1940. The molecule has 242 valence electrons. The number of nitrogens with one attached hydrogen (secondary N) is 2. The van der Waals surface area contributed by atoms with E-state index in [1.54, 1.807) is 7.11 Å². The van der Waals surface area contributed by atoms with Crippen LogP contribution in [0.5, 0.6) is 5.75 Å². The number of nitrogens with two attached hydrogens (primary N) is 1. The van der Waals surface area contributed by atoms with Gasteiger partial charge in [-0.2, -0.15) is 13.9 Å². The van der Waals surface area contributed by atoms with Gasteiger partial charge in [-0.1, -0.05) is 28.6 Å². The number of hydrogen-bond acceptors (Lipinski definition) is 13. The number of fused-ring (bicyclic) bond motifs is 2. The van der Waals surface area contributed by atoms with E-state index in [1.807, 2.05) is 52.5 Å². The molecule has 0 bridgehead atoms. The van der Waals surface area contributed by atoms with E-state index in [1.165, 1.54) is 35.1 Å². The van der Waals surface area contributed by atoms with Crippen molar-refractivity contribution in [2.75, 3.05) is 25.3 Å². The van der Waals surface area contributed by atoms with E-state index in [0.717, 1.165) is 27.3 Å². The molecule has 0 radical (unpaired) electrons. The van der Waals surface area contributed by atoms with Gasteiger partial charge >= 0.3 is 5.97 Å². The summed E-state index contributed by atoms with van der Waals surface area (Å²) < 4.78 is 11.2. The molecule has 5 heterocycles. The minimum absolute atomic E-state index is 0.0659. The summed E-state index contributed by atoms with van der Waals surface area (Å²) in [6.45, 7) is 0.156. The first kappa shape index (κ1) is 31.9. The summed E-state index contributed by atoms with van der Waals surface area (Å²) in [5, 5.41) is 21.2. The Labute approximate surface area is 279 Å². The van der Waals surface area contributed by atoms with Gasteiger partial charge in [0.2, 0.25) is 17.9 Å². The maximum Gasteiger partial charge on any atom is 0.352 e. The highest BCUT2D eigenvalue weighted by molar-refractivity contribution is 8.00. The highest BCUT2D eigenvalue weighted by Crippen LogP contribution is 2.45. The number of nitrogens with zero attached hydrogens (tertiary/aromatic N) is 5. The van der Waals surface area contributed by atoms with Crippen LogP contribution in [-0.4, -0.2) is 80.2 Å². The molecular formula is C29H27N8O7S3+. The van der Waals surface area contributed by atoms with Crippen molar-refractivity contribution in [1.82, 2.24) is 19.6 Å². The highest BCUT2D eigenvalue weighted by atomic mass is 32.2. The van der Waals surface area contributed by atoms with Crippen molar-refractivity contribution in [3.05, 3.63) is 70.6 Å². The molecule has 6 rings (SSSR count). The van der Waals surface area contributed by atoms with Crippen LogP contribution >= 0.6 is 34.6 Å². The SMILES string of the molecule is CO/N=C(\C(=O)NC1C(=O)N2C(C(=O)O)=C(C[n+]3cccc4c(NC=O)csc43)C(Cc3ccc(OC)cc3)S[C@H]12)c1nsc(N)n1. The van der Waals surface area contributed by atoms with Crippen molar-refractivity contribution in [1.29, 1.82) is 0 Å². The van der Waals surface area contributed by atoms with Crippen molar-refractivity contribution in [2.45, 2.75) is 29.6 Å². The van der Waals surface area contributed by atoms with Crippen LogP contribution in [0.4, 0.5) is 10.8 Å². The Balaban J connectivity index is 1.37. The summed E-state index contributed by atoms with van der Waals surface area (Å²) in [5.41, 5.74) is 7.34. The first-order valence-corrected chi connectivity index (χ1v) is 16.5. The fourth-order valence-corrected chi connectivity index (χ4v) is 8.52. The number of thiophene rings is 1. The Morgan fingerprint density at radius 1 is 1.23 bits per heavy atom. The molecule has 0 saturated carbocycles. The summed E-state index contributed by atoms with van der Waals surface area (Å²) in [7, 11) is 2.82. The van der Waals surface area contributed by atoms with Crippen LogP contribution in [-0.2, 0) is 37.0 Å². The van der Waals surface area contributed by atoms with Crippen molar-refractivity contribution >= 4 is 85.6 Å². The number of β-lactam (4-membered cyclic amide) rings is 1. The van der Waals surface area contributed by atoms with E-state index < -0.39 is 34.4 Å². The molecule has 3 atom stereocenters. The number of carboxylic acids is 1. The number of aliphatic carboxylic acids is 1. The second kappa shape index (κ2) is 13.3. The maximum atomic E-state index is 13.6. The number of carbonyl (C=O) groups is 4. The molecule has 0 spiro atoms. The second-order valence-corrected chi connectivity index (χ2v) is 13.2. The van der Waals surface area contributed by atoms with Gasteiger partial charge < -0.3 is 31.0 Å². The molecule has 2 aliphatic rings. The van der Waals surface area contributed by atoms with Crippen LogP contribution in [0.25, 0.3) is 10.2 Å². The summed E-state index contributed by atoms with van der Waals surface area (Å²) in [6.07, 6.45) is 2.86. The second-order valence-electron chi connectivity index (χ2n) is 10.3. The first-order valence-electron chi connectivity index (χ1n) is 13.9. The minimum Gasteiger partial charge on any atom is -0.497 e. The number of hydrogen-bond donors (Lipinski definition) is 4. The zero-order valence-corrected chi connectivity index (χ0v) is 27.2. The number of rotatable bonds is 12. The Kier molecular flexibility index (Phi) is 9.06. The van der Waals surface area contributed by atoms with Gasteiger partial charge in [0.1, 0.15) is 30.0 Å². The number of aromatic nitrogens is 3. The van der Waals surface area contributed by atoms with Gasteiger partial charge in [0.05, 0.1) is 18.2 Å². The van der Waals surface area contributed by atoms with Gasteiger partial charge in [0, 0.05) is 33.8 Å². The summed E-state index contributed by atoms with van der Waals surface area (Å²) in [5.74, 6) is -2.03. The molecule has 1 aromatic carbocycles. The van der Waals surface area contributed by atoms with Crippen molar-refractivity contribution in [3.8, 4) is 5.75 Å². The zero-order valence-electron chi connectivity index (χ0n) is 24.8. The normalized spacial score (nSPS) is 19.2. The van der Waals surface area contributed by atoms with E-state index in [9.17, 15) is 24.3 Å². The largest absolute Gasteiger partial charge is 0.497 e. The first-order chi connectivity index (χ1) is 22.7. The monoisotopic (exact) mass is 695 g/mol. The van der Waals surface area contributed by atoms with Crippen LogP contribution in [0.3, 0.4) is 0 Å². The zero-order chi connectivity index (χ0) is 33.2. The summed E-state index contributed by atoms with van der Waals surface area (Å²) in [6, 6.07) is 10.1. The number of carbonyl (C=O) groups excluding carboxylic acids is 3. The van der Waals surface area contributed by atoms with Gasteiger partial charge in [0.25, 0.3) is 16.6 Å². The third kappa shape index (κ3) is 6.09. The van der Waals surface area contributed by atoms with Crippen molar-refractivity contribution < 1.29 is 38.4 Å². The van der Waals surface area contributed by atoms with Gasteiger partial charge in [-0.25, -0.2) is 4.79 Å². The molecule has 3 aromatic heterocycles. The van der Waals surface area contributed by atoms with Crippen LogP contribution < -0.4 is 25.7 Å². The fraction of sp³-hybridized carbons (Fsp3) is 0.241. The number of thioether (sulfide) groups is 1. The quantitative estimate of drug-likeness (QED) is 0.0551. The molecule has 1 saturated heterocycles. The summed E-state index contributed by atoms with van der Waals surface area (Å²) in [4.78, 5) is 61.8. The van der Waals surface area contributed by atoms with E-state index >= 15 is 0 Å². The van der Waals surface area contributed by atoms with Crippen molar-refractivity contribution in [2.24, 2.45) is 5.16 Å². The molecule has 18 heteroatoms. The molecule has 3 amide bonds. The minimum atomic E-state index is -1.27. The number of methoxy groups -OCH3 is 1. The predicted octanol–water partition coefficient (Wildman–Crippen LogP) is 1.60. The lowest BCUT2D eigenvalue weighted by Gasteiger charge is -2.51. The Hall–Kier alpha value is -5.07. The molecule has 1 fully saturated rings. The fourth-order valence-electron chi connectivity index (χ4n) is 5.45. The molecule has 2 aliphatic heterocycles. The van der Waals surface area contributed by atoms with E-state index in [0.29, 0.717) is 29.8 Å². The third-order valence-electron chi connectivity index (χ3n) is 7.55. The lowest BCUT2D eigenvalue weighted by atomic mass is 9.96. The van der Waals surface area contributed by atoms with E-state index in [-0.39, 0.29) is 28.9 Å². The lowest BCUT2D eigenvalue weighted by molar-refractivity contribution is -0.661. The standard InChI is InChI=1S/C29H26N8O7S3/c1-43-15-7-5-14(6-8-15)10-19-17(11-36-9-3-4-16-18(31-13-38)12-45-26(16)36)22(28(41)42)37-25(40)21(27(37)46-19)32-24(39)20(34-44-2)23-33-29(30)47-35-23/h3-9,12-13,19,21,27H,10-11H2,1-2H3,(H4-,30,31,32,33,35,38,39,41,42)/p+1/b34-20-/t19?,21?,27-/m1/s1. The van der Waals surface area contributed by atoms with Crippen LogP contribution in [0.2, 0.25) is 0 Å². The Morgan fingerprint density at radius 2 is 2.02 bits per heavy atom. The number of nitrogen functional groups attached to an aromatic ring is 1. The Morgan fingerprint density at radius 3 is 2.68 bits per heavy atom. The molecule has 2 unspecified atom stereocenters. The van der Waals surface area contributed by atoms with E-state index in [4.69, 9.17) is 15.3 Å². The predicted molar refractivity (Wildman–Crippen MR) is 175 cm³/mol. The van der Waals surface area contributed by atoms with Crippen molar-refractivity contribution in [3.63, 3.8) is 0 Å². The molecular weight excluding hydrogens is 669 g/mol.